The number of halogens is 1. The van der Waals surface area contributed by atoms with Gasteiger partial charge in [-0.2, -0.15) is 0 Å². The van der Waals surface area contributed by atoms with Gasteiger partial charge in [-0.15, -0.1) is 12.4 Å². The van der Waals surface area contributed by atoms with Gasteiger partial charge in [0.2, 0.25) is 5.91 Å². The fraction of sp³-hybridized carbons (Fsp3) is 0.433. The SMILES string of the molecule is C[C@H](CC(=O)N1CCC(O)(Cn2cnc(Nc3ccc4c(c3)C3CCC4N3)cc2=O)CC1)c1ccccc1.Cl. The number of piperidine rings is 1. The summed E-state index contributed by atoms with van der Waals surface area (Å²) >= 11 is 0. The molecule has 4 heterocycles. The zero-order valence-corrected chi connectivity index (χ0v) is 23.0. The van der Waals surface area contributed by atoms with Crippen molar-refractivity contribution in [3.8, 4) is 0 Å². The van der Waals surface area contributed by atoms with Crippen LogP contribution in [0.3, 0.4) is 0 Å². The van der Waals surface area contributed by atoms with Crippen LogP contribution < -0.4 is 16.2 Å². The summed E-state index contributed by atoms with van der Waals surface area (Å²) in [5, 5.41) is 18.1. The number of nitrogens with one attached hydrogen (secondary N) is 2. The first-order valence-corrected chi connectivity index (χ1v) is 13.7. The highest BCUT2D eigenvalue weighted by atomic mass is 35.5. The summed E-state index contributed by atoms with van der Waals surface area (Å²) < 4.78 is 1.46. The molecule has 9 heteroatoms. The fourth-order valence-electron chi connectivity index (χ4n) is 6.20. The molecule has 2 bridgehead atoms. The van der Waals surface area contributed by atoms with E-state index in [1.54, 1.807) is 0 Å². The first kappa shape index (κ1) is 27.4. The van der Waals surface area contributed by atoms with Gasteiger partial charge in [-0.25, -0.2) is 4.98 Å². The van der Waals surface area contributed by atoms with Gasteiger partial charge in [0.1, 0.15) is 5.82 Å². The van der Waals surface area contributed by atoms with Crippen molar-refractivity contribution in [2.45, 2.75) is 69.2 Å². The molecular weight excluding hydrogens is 514 g/mol. The number of likely N-dealkylation sites (tertiary alicyclic amines) is 1. The summed E-state index contributed by atoms with van der Waals surface area (Å²) in [7, 11) is 0. The van der Waals surface area contributed by atoms with Gasteiger partial charge in [-0.3, -0.25) is 14.2 Å². The van der Waals surface area contributed by atoms with Crippen LogP contribution in [0.1, 0.15) is 73.7 Å². The van der Waals surface area contributed by atoms with E-state index in [4.69, 9.17) is 0 Å². The van der Waals surface area contributed by atoms with Crippen LogP contribution in [0, 0.1) is 0 Å². The molecule has 0 aliphatic carbocycles. The molecule has 3 aliphatic rings. The van der Waals surface area contributed by atoms with Gasteiger partial charge in [0.05, 0.1) is 18.5 Å². The van der Waals surface area contributed by atoms with E-state index < -0.39 is 5.60 Å². The number of carbonyl (C=O) groups excluding carboxylic acids is 1. The lowest BCUT2D eigenvalue weighted by molar-refractivity contribution is -0.136. The topological polar surface area (TPSA) is 99.5 Å². The first-order valence-electron chi connectivity index (χ1n) is 13.7. The van der Waals surface area contributed by atoms with E-state index in [1.807, 2.05) is 41.3 Å². The first-order chi connectivity index (χ1) is 18.4. The number of fused-ring (bicyclic) bond motifs is 5. The number of hydrogen-bond donors (Lipinski definition) is 3. The summed E-state index contributed by atoms with van der Waals surface area (Å²) in [6.45, 7) is 3.19. The summed E-state index contributed by atoms with van der Waals surface area (Å²) in [6.07, 6.45) is 5.16. The molecule has 0 spiro atoms. The molecule has 39 heavy (non-hydrogen) atoms. The van der Waals surface area contributed by atoms with Gasteiger partial charge < -0.3 is 20.6 Å². The van der Waals surface area contributed by atoms with Crippen molar-refractivity contribution in [1.82, 2.24) is 19.8 Å². The van der Waals surface area contributed by atoms with Crippen molar-refractivity contribution < 1.29 is 9.90 Å². The van der Waals surface area contributed by atoms with Crippen LogP contribution in [0.2, 0.25) is 0 Å². The lowest BCUT2D eigenvalue weighted by Gasteiger charge is -2.38. The lowest BCUT2D eigenvalue weighted by atomic mass is 9.90. The summed E-state index contributed by atoms with van der Waals surface area (Å²) in [4.78, 5) is 32.0. The zero-order valence-electron chi connectivity index (χ0n) is 22.2. The van der Waals surface area contributed by atoms with Crippen LogP contribution in [0.25, 0.3) is 0 Å². The van der Waals surface area contributed by atoms with Crippen LogP contribution in [0.15, 0.2) is 65.7 Å². The average Bonchev–Trinajstić information content (AvgIpc) is 3.54. The van der Waals surface area contributed by atoms with Gasteiger partial charge in [0, 0.05) is 43.3 Å². The molecule has 0 radical (unpaired) electrons. The van der Waals surface area contributed by atoms with Gasteiger partial charge in [-0.1, -0.05) is 43.3 Å². The Labute approximate surface area is 234 Å². The number of anilines is 2. The maximum atomic E-state index is 12.9. The number of carbonyl (C=O) groups is 1. The highest BCUT2D eigenvalue weighted by Crippen LogP contribution is 2.45. The third-order valence-corrected chi connectivity index (χ3v) is 8.50. The minimum Gasteiger partial charge on any atom is -0.388 e. The lowest BCUT2D eigenvalue weighted by Crippen LogP contribution is -2.49. The molecule has 8 nitrogen and oxygen atoms in total. The van der Waals surface area contributed by atoms with E-state index in [0.717, 1.165) is 17.7 Å². The predicted octanol–water partition coefficient (Wildman–Crippen LogP) is 4.44. The van der Waals surface area contributed by atoms with Crippen LogP contribution in [-0.4, -0.2) is 44.2 Å². The van der Waals surface area contributed by atoms with Gasteiger partial charge in [0.15, 0.2) is 0 Å². The fourth-order valence-corrected chi connectivity index (χ4v) is 6.20. The highest BCUT2D eigenvalue weighted by molar-refractivity contribution is 5.85. The van der Waals surface area contributed by atoms with Crippen LogP contribution in [-0.2, 0) is 11.3 Å². The van der Waals surface area contributed by atoms with E-state index in [0.29, 0.717) is 50.3 Å². The Morgan fingerprint density at radius 1 is 1.10 bits per heavy atom. The third-order valence-electron chi connectivity index (χ3n) is 8.50. The summed E-state index contributed by atoms with van der Waals surface area (Å²) in [5.74, 6) is 0.736. The predicted molar refractivity (Wildman–Crippen MR) is 154 cm³/mol. The number of nitrogens with zero attached hydrogens (tertiary/aromatic N) is 3. The average molecular weight is 550 g/mol. The van der Waals surface area contributed by atoms with E-state index in [2.05, 4.69) is 34.7 Å². The Morgan fingerprint density at radius 3 is 2.54 bits per heavy atom. The van der Waals surface area contributed by atoms with E-state index in [1.165, 1.54) is 34.5 Å². The van der Waals surface area contributed by atoms with Gasteiger partial charge in [0.25, 0.3) is 5.56 Å². The van der Waals surface area contributed by atoms with Crippen molar-refractivity contribution in [3.05, 3.63) is 88.0 Å². The van der Waals surface area contributed by atoms with Gasteiger partial charge in [-0.05, 0) is 60.4 Å². The second kappa shape index (κ2) is 11.1. The van der Waals surface area contributed by atoms with Crippen molar-refractivity contribution in [2.75, 3.05) is 18.4 Å². The molecule has 1 amide bonds. The molecule has 3 N–H and O–H groups in total. The maximum absolute atomic E-state index is 12.9. The number of hydrogen-bond acceptors (Lipinski definition) is 6. The molecule has 3 atom stereocenters. The van der Waals surface area contributed by atoms with E-state index >= 15 is 0 Å². The molecule has 2 fully saturated rings. The molecule has 2 unspecified atom stereocenters. The Bertz CT molecular complexity index is 1390. The minimum absolute atomic E-state index is 0. The Morgan fingerprint density at radius 2 is 1.82 bits per heavy atom. The summed E-state index contributed by atoms with van der Waals surface area (Å²) in [5.41, 5.74) is 3.52. The molecule has 6 rings (SSSR count). The van der Waals surface area contributed by atoms with Crippen molar-refractivity contribution in [1.29, 1.82) is 0 Å². The molecule has 3 aliphatic heterocycles. The second-order valence-corrected chi connectivity index (χ2v) is 11.2. The normalized spacial score (nSPS) is 21.6. The molecule has 2 aromatic carbocycles. The summed E-state index contributed by atoms with van der Waals surface area (Å²) in [6, 6.07) is 18.8. The molecule has 3 aromatic rings. The van der Waals surface area contributed by atoms with E-state index in [-0.39, 0.29) is 36.3 Å². The molecule has 0 saturated carbocycles. The standard InChI is InChI=1S/C30H35N5O3.ClH/c1-20(21-5-3-2-4-6-21)15-28(36)34-13-11-30(38,12-14-34)18-35-19-31-27(17-29(35)37)32-22-7-8-23-24(16-22)26-10-9-25(23)33-26;/h2-8,16-17,19-20,25-26,32-33,38H,9-15,18H2,1H3;1H/t20-,25?,26?;/m1./s1. The van der Waals surface area contributed by atoms with Gasteiger partial charge >= 0.3 is 0 Å². The van der Waals surface area contributed by atoms with Crippen molar-refractivity contribution >= 4 is 29.8 Å². The number of amides is 1. The number of rotatable bonds is 7. The number of aliphatic hydroxyl groups is 1. The molecule has 206 valence electrons. The maximum Gasteiger partial charge on any atom is 0.255 e. The molecule has 1 aromatic heterocycles. The Balaban J connectivity index is 0.00000308. The minimum atomic E-state index is -1.05. The second-order valence-electron chi connectivity index (χ2n) is 11.2. The monoisotopic (exact) mass is 549 g/mol. The number of benzene rings is 2. The Kier molecular flexibility index (Phi) is 7.80. The zero-order chi connectivity index (χ0) is 26.3. The number of aromatic nitrogens is 2. The molecule has 2 saturated heterocycles. The largest absolute Gasteiger partial charge is 0.388 e. The Hall–Kier alpha value is -3.20. The van der Waals surface area contributed by atoms with Crippen LogP contribution >= 0.6 is 12.4 Å². The third kappa shape index (κ3) is 5.73. The smallest absolute Gasteiger partial charge is 0.255 e. The van der Waals surface area contributed by atoms with Crippen molar-refractivity contribution in [3.63, 3.8) is 0 Å². The van der Waals surface area contributed by atoms with Crippen LogP contribution in [0.4, 0.5) is 11.5 Å². The van der Waals surface area contributed by atoms with Crippen molar-refractivity contribution in [2.24, 2.45) is 0 Å². The molecular formula is C30H36ClN5O3. The highest BCUT2D eigenvalue weighted by Gasteiger charge is 2.36. The quantitative estimate of drug-likeness (QED) is 0.403. The van der Waals surface area contributed by atoms with E-state index in [9.17, 15) is 14.7 Å². The van der Waals surface area contributed by atoms with Crippen LogP contribution in [0.5, 0.6) is 0 Å².